The van der Waals surface area contributed by atoms with Crippen molar-refractivity contribution in [2.24, 2.45) is 0 Å². The Morgan fingerprint density at radius 2 is 2.31 bits per heavy atom. The van der Waals surface area contributed by atoms with Gasteiger partial charge in [0.15, 0.2) is 0 Å². The summed E-state index contributed by atoms with van der Waals surface area (Å²) < 4.78 is 10.9. The predicted octanol–water partition coefficient (Wildman–Crippen LogP) is 2.31. The van der Waals surface area contributed by atoms with Crippen LogP contribution in [0, 0.1) is 0 Å². The van der Waals surface area contributed by atoms with Gasteiger partial charge in [-0.1, -0.05) is 6.92 Å². The van der Waals surface area contributed by atoms with Crippen molar-refractivity contribution in [2.75, 3.05) is 19.8 Å². The van der Waals surface area contributed by atoms with Crippen molar-refractivity contribution in [3.05, 3.63) is 17.8 Å². The van der Waals surface area contributed by atoms with Crippen molar-refractivity contribution in [1.82, 2.24) is 10.3 Å². The van der Waals surface area contributed by atoms with Gasteiger partial charge >= 0.3 is 0 Å². The van der Waals surface area contributed by atoms with Crippen LogP contribution in [0.3, 0.4) is 0 Å². The summed E-state index contributed by atoms with van der Waals surface area (Å²) in [5, 5.41) is 3.34. The largest absolute Gasteiger partial charge is 0.444 e. The van der Waals surface area contributed by atoms with Crippen molar-refractivity contribution in [1.29, 1.82) is 0 Å². The first kappa shape index (κ1) is 13.2. The summed E-state index contributed by atoms with van der Waals surface area (Å²) in [4.78, 5) is 4.26. The molecule has 4 heteroatoms. The van der Waals surface area contributed by atoms with Gasteiger partial charge in [-0.3, -0.25) is 0 Å². The molecule has 0 aliphatic rings. The van der Waals surface area contributed by atoms with Crippen LogP contribution in [0.4, 0.5) is 0 Å². The molecule has 1 aromatic rings. The lowest BCUT2D eigenvalue weighted by molar-refractivity contribution is 0.146. The first-order chi connectivity index (χ1) is 7.77. The molecule has 0 aliphatic carbocycles. The zero-order valence-corrected chi connectivity index (χ0v) is 10.5. The summed E-state index contributed by atoms with van der Waals surface area (Å²) in [6, 6.07) is 0.181. The van der Waals surface area contributed by atoms with Crippen molar-refractivity contribution < 1.29 is 9.15 Å². The smallest absolute Gasteiger partial charge is 0.211 e. The molecular formula is C12H22N2O2. The maximum Gasteiger partial charge on any atom is 0.211 e. The van der Waals surface area contributed by atoms with E-state index in [1.807, 2.05) is 6.92 Å². The Labute approximate surface area is 97.4 Å². The summed E-state index contributed by atoms with van der Waals surface area (Å²) in [6.07, 6.45) is 3.70. The van der Waals surface area contributed by atoms with Crippen LogP contribution >= 0.6 is 0 Å². The highest BCUT2D eigenvalue weighted by Gasteiger charge is 2.10. The monoisotopic (exact) mass is 226 g/mol. The minimum atomic E-state index is 0.181. The quantitative estimate of drug-likeness (QED) is 0.691. The van der Waals surface area contributed by atoms with E-state index in [0.717, 1.165) is 37.6 Å². The summed E-state index contributed by atoms with van der Waals surface area (Å²) in [6.45, 7) is 8.62. The average Bonchev–Trinajstić information content (AvgIpc) is 2.75. The number of aromatic nitrogens is 1. The van der Waals surface area contributed by atoms with Gasteiger partial charge in [0.05, 0.1) is 18.8 Å². The molecule has 16 heavy (non-hydrogen) atoms. The lowest BCUT2D eigenvalue weighted by Gasteiger charge is -2.08. The SMILES string of the molecule is CCCNC(C)c1ncc(CCOCC)o1. The number of hydrogen-bond donors (Lipinski definition) is 1. The molecule has 1 N–H and O–H groups in total. The first-order valence-electron chi connectivity index (χ1n) is 6.03. The molecule has 1 aromatic heterocycles. The summed E-state index contributed by atoms with van der Waals surface area (Å²) in [7, 11) is 0. The Bertz CT molecular complexity index is 286. The van der Waals surface area contributed by atoms with Gasteiger partial charge in [-0.15, -0.1) is 0 Å². The van der Waals surface area contributed by atoms with Crippen molar-refractivity contribution in [3.8, 4) is 0 Å². The van der Waals surface area contributed by atoms with E-state index in [0.29, 0.717) is 6.61 Å². The van der Waals surface area contributed by atoms with Gasteiger partial charge in [0, 0.05) is 13.0 Å². The number of hydrogen-bond acceptors (Lipinski definition) is 4. The molecule has 0 aromatic carbocycles. The van der Waals surface area contributed by atoms with E-state index < -0.39 is 0 Å². The minimum absolute atomic E-state index is 0.181. The molecule has 1 heterocycles. The average molecular weight is 226 g/mol. The minimum Gasteiger partial charge on any atom is -0.444 e. The van der Waals surface area contributed by atoms with E-state index in [-0.39, 0.29) is 6.04 Å². The summed E-state index contributed by atoms with van der Waals surface area (Å²) in [5.41, 5.74) is 0. The molecule has 1 unspecified atom stereocenters. The van der Waals surface area contributed by atoms with E-state index in [2.05, 4.69) is 24.1 Å². The van der Waals surface area contributed by atoms with Crippen LogP contribution < -0.4 is 5.32 Å². The Morgan fingerprint density at radius 1 is 1.50 bits per heavy atom. The summed E-state index contributed by atoms with van der Waals surface area (Å²) in [5.74, 6) is 1.66. The fourth-order valence-corrected chi connectivity index (χ4v) is 1.40. The molecule has 0 fully saturated rings. The van der Waals surface area contributed by atoms with Crippen LogP contribution in [-0.4, -0.2) is 24.7 Å². The number of nitrogens with zero attached hydrogens (tertiary/aromatic N) is 1. The van der Waals surface area contributed by atoms with E-state index in [1.165, 1.54) is 0 Å². The van der Waals surface area contributed by atoms with Gasteiger partial charge in [0.1, 0.15) is 5.76 Å². The molecule has 0 amide bonds. The van der Waals surface area contributed by atoms with E-state index >= 15 is 0 Å². The number of nitrogens with one attached hydrogen (secondary N) is 1. The van der Waals surface area contributed by atoms with Crippen molar-refractivity contribution in [2.45, 2.75) is 39.7 Å². The molecule has 0 bridgehead atoms. The topological polar surface area (TPSA) is 47.3 Å². The van der Waals surface area contributed by atoms with Crippen LogP contribution in [0.15, 0.2) is 10.6 Å². The molecule has 0 spiro atoms. The zero-order chi connectivity index (χ0) is 11.8. The molecular weight excluding hydrogens is 204 g/mol. The fraction of sp³-hybridized carbons (Fsp3) is 0.750. The van der Waals surface area contributed by atoms with Crippen LogP contribution in [0.5, 0.6) is 0 Å². The second-order valence-corrected chi connectivity index (χ2v) is 3.79. The van der Waals surface area contributed by atoms with Gasteiger partial charge in [-0.25, -0.2) is 4.98 Å². The zero-order valence-electron chi connectivity index (χ0n) is 10.5. The Morgan fingerprint density at radius 3 is 3.00 bits per heavy atom. The highest BCUT2D eigenvalue weighted by atomic mass is 16.5. The van der Waals surface area contributed by atoms with E-state index in [4.69, 9.17) is 9.15 Å². The number of rotatable bonds is 8. The highest BCUT2D eigenvalue weighted by molar-refractivity contribution is 4.97. The Kier molecular flexibility index (Phi) is 6.11. The summed E-state index contributed by atoms with van der Waals surface area (Å²) >= 11 is 0. The second-order valence-electron chi connectivity index (χ2n) is 3.79. The first-order valence-corrected chi connectivity index (χ1v) is 6.03. The third-order valence-corrected chi connectivity index (χ3v) is 2.34. The maximum atomic E-state index is 5.64. The third-order valence-electron chi connectivity index (χ3n) is 2.34. The number of oxazole rings is 1. The molecule has 0 radical (unpaired) electrons. The van der Waals surface area contributed by atoms with Gasteiger partial charge < -0.3 is 14.5 Å². The number of ether oxygens (including phenoxy) is 1. The molecule has 0 aliphatic heterocycles. The Balaban J connectivity index is 2.37. The lowest BCUT2D eigenvalue weighted by atomic mass is 10.3. The molecule has 4 nitrogen and oxygen atoms in total. The predicted molar refractivity (Wildman–Crippen MR) is 63.4 cm³/mol. The van der Waals surface area contributed by atoms with E-state index in [1.54, 1.807) is 6.20 Å². The van der Waals surface area contributed by atoms with Crippen LogP contribution in [-0.2, 0) is 11.2 Å². The molecule has 1 atom stereocenters. The van der Waals surface area contributed by atoms with Gasteiger partial charge in [0.2, 0.25) is 5.89 Å². The third kappa shape index (κ3) is 4.33. The second kappa shape index (κ2) is 7.41. The molecule has 1 rings (SSSR count). The lowest BCUT2D eigenvalue weighted by Crippen LogP contribution is -2.19. The van der Waals surface area contributed by atoms with Gasteiger partial charge in [0.25, 0.3) is 0 Å². The van der Waals surface area contributed by atoms with Crippen LogP contribution in [0.1, 0.15) is 44.9 Å². The normalized spacial score (nSPS) is 12.9. The standard InChI is InChI=1S/C12H22N2O2/c1-4-7-13-10(3)12-14-9-11(16-12)6-8-15-5-2/h9-10,13H,4-8H2,1-3H3. The van der Waals surface area contributed by atoms with Gasteiger partial charge in [-0.2, -0.15) is 0 Å². The van der Waals surface area contributed by atoms with Crippen LogP contribution in [0.25, 0.3) is 0 Å². The molecule has 92 valence electrons. The fourth-order valence-electron chi connectivity index (χ4n) is 1.40. The van der Waals surface area contributed by atoms with Gasteiger partial charge in [-0.05, 0) is 26.8 Å². The Hall–Kier alpha value is -0.870. The highest BCUT2D eigenvalue weighted by Crippen LogP contribution is 2.13. The van der Waals surface area contributed by atoms with Crippen LogP contribution in [0.2, 0.25) is 0 Å². The maximum absolute atomic E-state index is 5.64. The van der Waals surface area contributed by atoms with E-state index in [9.17, 15) is 0 Å². The molecule has 0 saturated carbocycles. The van der Waals surface area contributed by atoms with Crippen molar-refractivity contribution in [3.63, 3.8) is 0 Å². The molecule has 0 saturated heterocycles. The van der Waals surface area contributed by atoms with Crippen molar-refractivity contribution >= 4 is 0 Å².